The molecule has 0 aromatic heterocycles. The highest BCUT2D eigenvalue weighted by Crippen LogP contribution is 2.32. The van der Waals surface area contributed by atoms with Crippen molar-refractivity contribution in [1.29, 1.82) is 0 Å². The smallest absolute Gasteiger partial charge is 0.253 e. The van der Waals surface area contributed by atoms with Crippen LogP contribution < -0.4 is 9.47 Å². The highest BCUT2D eigenvalue weighted by atomic mass is 16.5. The van der Waals surface area contributed by atoms with Gasteiger partial charge in [0.25, 0.3) is 5.91 Å². The first-order chi connectivity index (χ1) is 13.6. The van der Waals surface area contributed by atoms with Crippen LogP contribution in [0.3, 0.4) is 0 Å². The summed E-state index contributed by atoms with van der Waals surface area (Å²) in [6.07, 6.45) is 7.76. The normalized spacial score (nSPS) is 19.0. The van der Waals surface area contributed by atoms with E-state index in [4.69, 9.17) is 14.2 Å². The zero-order valence-electron chi connectivity index (χ0n) is 17.5. The van der Waals surface area contributed by atoms with Crippen molar-refractivity contribution in [3.05, 3.63) is 23.8 Å². The SMILES string of the molecule is COCCN(C)C(=O)c1ccc(OC2CCN(C3CCCC3)CC2)c(OC)c1. The van der Waals surface area contributed by atoms with Gasteiger partial charge in [-0.3, -0.25) is 4.79 Å². The molecular formula is C22H34N2O4. The second-order valence-electron chi connectivity index (χ2n) is 7.88. The first-order valence-corrected chi connectivity index (χ1v) is 10.5. The van der Waals surface area contributed by atoms with Crippen molar-refractivity contribution in [2.75, 3.05) is 47.5 Å². The Balaban J connectivity index is 1.57. The number of hydrogen-bond acceptors (Lipinski definition) is 5. The zero-order chi connectivity index (χ0) is 19.9. The average molecular weight is 391 g/mol. The number of likely N-dealkylation sites (N-methyl/N-ethyl adjacent to an activating group) is 1. The van der Waals surface area contributed by atoms with Gasteiger partial charge in [-0.15, -0.1) is 0 Å². The Hall–Kier alpha value is -1.79. The van der Waals surface area contributed by atoms with E-state index >= 15 is 0 Å². The van der Waals surface area contributed by atoms with Gasteiger partial charge in [0.1, 0.15) is 6.10 Å². The van der Waals surface area contributed by atoms with Crippen molar-refractivity contribution in [3.63, 3.8) is 0 Å². The predicted octanol–water partition coefficient (Wildman–Crippen LogP) is 3.20. The summed E-state index contributed by atoms with van der Waals surface area (Å²) in [6, 6.07) is 6.24. The molecule has 2 aliphatic rings. The third kappa shape index (κ3) is 5.17. The lowest BCUT2D eigenvalue weighted by atomic mass is 10.0. The second kappa shape index (κ2) is 10.1. The molecule has 6 heteroatoms. The van der Waals surface area contributed by atoms with Crippen molar-refractivity contribution in [3.8, 4) is 11.5 Å². The molecular weight excluding hydrogens is 356 g/mol. The Kier molecular flexibility index (Phi) is 7.57. The quantitative estimate of drug-likeness (QED) is 0.682. The lowest BCUT2D eigenvalue weighted by Crippen LogP contribution is -2.43. The summed E-state index contributed by atoms with van der Waals surface area (Å²) in [5.74, 6) is 1.29. The van der Waals surface area contributed by atoms with E-state index in [1.54, 1.807) is 32.2 Å². The van der Waals surface area contributed by atoms with Crippen LogP contribution in [0, 0.1) is 0 Å². The number of piperidine rings is 1. The molecule has 1 aromatic rings. The molecule has 1 saturated carbocycles. The molecule has 1 heterocycles. The van der Waals surface area contributed by atoms with Crippen LogP contribution in [0.15, 0.2) is 18.2 Å². The Bertz CT molecular complexity index is 637. The first kappa shape index (κ1) is 20.9. The molecule has 1 aliphatic carbocycles. The minimum absolute atomic E-state index is 0.0493. The Labute approximate surface area is 168 Å². The fourth-order valence-electron chi connectivity index (χ4n) is 4.26. The minimum atomic E-state index is -0.0493. The van der Waals surface area contributed by atoms with Gasteiger partial charge in [-0.2, -0.15) is 0 Å². The zero-order valence-corrected chi connectivity index (χ0v) is 17.5. The van der Waals surface area contributed by atoms with Crippen molar-refractivity contribution in [1.82, 2.24) is 9.80 Å². The van der Waals surface area contributed by atoms with Gasteiger partial charge in [0.15, 0.2) is 11.5 Å². The highest BCUT2D eigenvalue weighted by Gasteiger charge is 2.28. The van der Waals surface area contributed by atoms with Gasteiger partial charge in [-0.25, -0.2) is 0 Å². The van der Waals surface area contributed by atoms with Crippen LogP contribution in [0.2, 0.25) is 0 Å². The van der Waals surface area contributed by atoms with Crippen molar-refractivity contribution in [2.45, 2.75) is 50.7 Å². The van der Waals surface area contributed by atoms with Gasteiger partial charge in [0, 0.05) is 45.4 Å². The van der Waals surface area contributed by atoms with E-state index in [9.17, 15) is 4.79 Å². The number of carbonyl (C=O) groups is 1. The van der Waals surface area contributed by atoms with Gasteiger partial charge in [0.2, 0.25) is 0 Å². The number of likely N-dealkylation sites (tertiary alicyclic amines) is 1. The molecule has 1 saturated heterocycles. The number of ether oxygens (including phenoxy) is 3. The van der Waals surface area contributed by atoms with Crippen molar-refractivity contribution < 1.29 is 19.0 Å². The van der Waals surface area contributed by atoms with E-state index < -0.39 is 0 Å². The van der Waals surface area contributed by atoms with Crippen LogP contribution >= 0.6 is 0 Å². The third-order valence-electron chi connectivity index (χ3n) is 6.00. The van der Waals surface area contributed by atoms with E-state index in [0.29, 0.717) is 24.5 Å². The van der Waals surface area contributed by atoms with E-state index in [0.717, 1.165) is 37.7 Å². The maximum Gasteiger partial charge on any atom is 0.253 e. The Morgan fingerprint density at radius 2 is 1.82 bits per heavy atom. The highest BCUT2D eigenvalue weighted by molar-refractivity contribution is 5.94. The second-order valence-corrected chi connectivity index (χ2v) is 7.88. The fourth-order valence-corrected chi connectivity index (χ4v) is 4.26. The van der Waals surface area contributed by atoms with Crippen LogP contribution in [0.1, 0.15) is 48.9 Å². The number of methoxy groups -OCH3 is 2. The Morgan fingerprint density at radius 3 is 2.46 bits per heavy atom. The van der Waals surface area contributed by atoms with Gasteiger partial charge in [0.05, 0.1) is 13.7 Å². The molecule has 0 unspecified atom stereocenters. The molecule has 6 nitrogen and oxygen atoms in total. The maximum atomic E-state index is 12.6. The lowest BCUT2D eigenvalue weighted by molar-refractivity contribution is 0.0737. The van der Waals surface area contributed by atoms with Crippen LogP contribution in [0.4, 0.5) is 0 Å². The van der Waals surface area contributed by atoms with Gasteiger partial charge in [-0.1, -0.05) is 12.8 Å². The van der Waals surface area contributed by atoms with E-state index in [1.165, 1.54) is 25.7 Å². The van der Waals surface area contributed by atoms with E-state index in [-0.39, 0.29) is 12.0 Å². The fraction of sp³-hybridized carbons (Fsp3) is 0.682. The molecule has 0 radical (unpaired) electrons. The van der Waals surface area contributed by atoms with Crippen LogP contribution in [0.5, 0.6) is 11.5 Å². The topological polar surface area (TPSA) is 51.2 Å². The molecule has 28 heavy (non-hydrogen) atoms. The number of carbonyl (C=O) groups excluding carboxylic acids is 1. The molecule has 0 bridgehead atoms. The average Bonchev–Trinajstić information content (AvgIpc) is 3.27. The molecule has 0 N–H and O–H groups in total. The van der Waals surface area contributed by atoms with Crippen molar-refractivity contribution >= 4 is 5.91 Å². The molecule has 156 valence electrons. The van der Waals surface area contributed by atoms with Gasteiger partial charge in [-0.05, 0) is 43.9 Å². The number of rotatable bonds is 8. The monoisotopic (exact) mass is 390 g/mol. The summed E-state index contributed by atoms with van der Waals surface area (Å²) < 4.78 is 16.8. The molecule has 0 spiro atoms. The largest absolute Gasteiger partial charge is 0.493 e. The number of nitrogens with zero attached hydrogens (tertiary/aromatic N) is 2. The van der Waals surface area contributed by atoms with Gasteiger partial charge < -0.3 is 24.0 Å². The van der Waals surface area contributed by atoms with E-state index in [2.05, 4.69) is 4.90 Å². The van der Waals surface area contributed by atoms with Gasteiger partial charge >= 0.3 is 0 Å². The summed E-state index contributed by atoms with van der Waals surface area (Å²) >= 11 is 0. The number of amides is 1. The first-order valence-electron chi connectivity index (χ1n) is 10.5. The van der Waals surface area contributed by atoms with Crippen LogP contribution in [-0.2, 0) is 4.74 Å². The van der Waals surface area contributed by atoms with Crippen molar-refractivity contribution in [2.24, 2.45) is 0 Å². The molecule has 2 fully saturated rings. The molecule has 3 rings (SSSR count). The summed E-state index contributed by atoms with van der Waals surface area (Å²) in [6.45, 7) is 3.28. The third-order valence-corrected chi connectivity index (χ3v) is 6.00. The molecule has 1 amide bonds. The van der Waals surface area contributed by atoms with Crippen LogP contribution in [-0.4, -0.2) is 75.4 Å². The summed E-state index contributed by atoms with van der Waals surface area (Å²) in [5.41, 5.74) is 0.596. The minimum Gasteiger partial charge on any atom is -0.493 e. The van der Waals surface area contributed by atoms with E-state index in [1.807, 2.05) is 12.1 Å². The predicted molar refractivity (Wildman–Crippen MR) is 109 cm³/mol. The Morgan fingerprint density at radius 1 is 1.11 bits per heavy atom. The number of benzene rings is 1. The number of hydrogen-bond donors (Lipinski definition) is 0. The molecule has 1 aromatic carbocycles. The standard InChI is InChI=1S/C22H34N2O4/c1-23(14-15-26-2)22(25)17-8-9-20(21(16-17)27-3)28-19-10-12-24(13-11-19)18-6-4-5-7-18/h8-9,16,18-19H,4-7,10-15H2,1-3H3. The summed E-state index contributed by atoms with van der Waals surface area (Å²) in [5, 5.41) is 0. The molecule has 0 atom stereocenters. The van der Waals surface area contributed by atoms with Crippen LogP contribution in [0.25, 0.3) is 0 Å². The summed E-state index contributed by atoms with van der Waals surface area (Å²) in [4.78, 5) is 16.8. The summed E-state index contributed by atoms with van der Waals surface area (Å²) in [7, 11) is 5.02. The maximum absolute atomic E-state index is 12.6. The molecule has 1 aliphatic heterocycles. The lowest BCUT2D eigenvalue weighted by Gasteiger charge is -2.36.